The number of aromatic nitrogens is 2. The molecule has 1 aliphatic rings. The lowest BCUT2D eigenvalue weighted by molar-refractivity contribution is 0.303. The summed E-state index contributed by atoms with van der Waals surface area (Å²) in [7, 11) is 0. The summed E-state index contributed by atoms with van der Waals surface area (Å²) < 4.78 is 1.29. The largest absolute Gasteiger partial charge is 0.360 e. The number of nitrogens with one attached hydrogen (secondary N) is 1. The second kappa shape index (κ2) is 4.58. The smallest absolute Gasteiger partial charge is 0.0919 e. The molecule has 0 aliphatic heterocycles. The number of fused-ring (bicyclic) bond motifs is 1. The Hall–Kier alpha value is -1.36. The number of hydrogen-bond acceptors (Lipinski definition) is 1. The molecule has 0 unspecified atom stereocenters. The third-order valence-electron chi connectivity index (χ3n) is 4.55. The molecule has 3 aromatic rings. The molecule has 1 N–H and O–H groups in total. The van der Waals surface area contributed by atoms with Crippen LogP contribution in [0.1, 0.15) is 30.4 Å². The average molecular weight is 374 g/mol. The standard InChI is InChI=1S/C17H15IN2/c18-13-6-4-12(5-7-13)17(8-2-9-17)14-11-20-15-3-1-10-19-16(14)15/h1,3-7,10-11,20H,2,8-9H2. The molecule has 0 radical (unpaired) electrons. The van der Waals surface area contributed by atoms with Gasteiger partial charge in [-0.2, -0.15) is 0 Å². The quantitative estimate of drug-likeness (QED) is 0.651. The van der Waals surface area contributed by atoms with Crippen molar-refractivity contribution >= 4 is 33.6 Å². The van der Waals surface area contributed by atoms with E-state index in [1.54, 1.807) is 0 Å². The first-order valence-electron chi connectivity index (χ1n) is 6.98. The molecular weight excluding hydrogens is 359 g/mol. The van der Waals surface area contributed by atoms with Crippen LogP contribution < -0.4 is 0 Å². The minimum Gasteiger partial charge on any atom is -0.360 e. The number of nitrogens with zero attached hydrogens (tertiary/aromatic N) is 1. The van der Waals surface area contributed by atoms with Crippen LogP contribution in [0.5, 0.6) is 0 Å². The zero-order valence-corrected chi connectivity index (χ0v) is 13.2. The van der Waals surface area contributed by atoms with Crippen molar-refractivity contribution in [2.45, 2.75) is 24.7 Å². The summed E-state index contributed by atoms with van der Waals surface area (Å²) in [5.74, 6) is 0. The number of halogens is 1. The molecule has 1 saturated carbocycles. The van der Waals surface area contributed by atoms with Gasteiger partial charge < -0.3 is 4.98 Å². The zero-order chi connectivity index (χ0) is 13.6. The van der Waals surface area contributed by atoms with Gasteiger partial charge in [0.25, 0.3) is 0 Å². The van der Waals surface area contributed by atoms with Gasteiger partial charge in [0.1, 0.15) is 0 Å². The molecule has 0 saturated heterocycles. The summed E-state index contributed by atoms with van der Waals surface area (Å²) >= 11 is 2.36. The molecule has 1 fully saturated rings. The highest BCUT2D eigenvalue weighted by Crippen LogP contribution is 2.50. The van der Waals surface area contributed by atoms with Gasteiger partial charge in [0.15, 0.2) is 0 Å². The summed E-state index contributed by atoms with van der Waals surface area (Å²) in [5, 5.41) is 0. The number of hydrogen-bond donors (Lipinski definition) is 1. The molecule has 0 atom stereocenters. The van der Waals surface area contributed by atoms with Crippen molar-refractivity contribution in [3.8, 4) is 0 Å². The van der Waals surface area contributed by atoms with E-state index < -0.39 is 0 Å². The maximum atomic E-state index is 4.60. The molecule has 1 aromatic carbocycles. The Balaban J connectivity index is 1.91. The molecular formula is C17H15IN2. The summed E-state index contributed by atoms with van der Waals surface area (Å²) in [4.78, 5) is 7.98. The number of aromatic amines is 1. The molecule has 2 heterocycles. The molecule has 4 rings (SSSR count). The fourth-order valence-corrected chi connectivity index (χ4v) is 3.69. The number of pyridine rings is 1. The third-order valence-corrected chi connectivity index (χ3v) is 5.27. The van der Waals surface area contributed by atoms with Crippen LogP contribution in [0.3, 0.4) is 0 Å². The maximum Gasteiger partial charge on any atom is 0.0919 e. The normalized spacial score (nSPS) is 17.1. The van der Waals surface area contributed by atoms with Gasteiger partial charge in [0.05, 0.1) is 11.0 Å². The van der Waals surface area contributed by atoms with E-state index in [4.69, 9.17) is 0 Å². The van der Waals surface area contributed by atoms with E-state index in [0.29, 0.717) is 0 Å². The molecule has 0 amide bonds. The summed E-state index contributed by atoms with van der Waals surface area (Å²) in [6.07, 6.45) is 7.79. The van der Waals surface area contributed by atoms with Crippen molar-refractivity contribution in [2.24, 2.45) is 0 Å². The van der Waals surface area contributed by atoms with Crippen LogP contribution in [0.25, 0.3) is 11.0 Å². The van der Waals surface area contributed by atoms with Crippen molar-refractivity contribution < 1.29 is 0 Å². The molecule has 0 bridgehead atoms. The van der Waals surface area contributed by atoms with Crippen LogP contribution in [-0.2, 0) is 5.41 Å². The van der Waals surface area contributed by atoms with Gasteiger partial charge in [-0.1, -0.05) is 18.6 Å². The van der Waals surface area contributed by atoms with Gasteiger partial charge in [-0.15, -0.1) is 0 Å². The van der Waals surface area contributed by atoms with Gasteiger partial charge in [-0.05, 0) is 65.3 Å². The lowest BCUT2D eigenvalue weighted by atomic mass is 9.61. The van der Waals surface area contributed by atoms with Crippen LogP contribution >= 0.6 is 22.6 Å². The fraction of sp³-hybridized carbons (Fsp3) is 0.235. The molecule has 0 spiro atoms. The molecule has 20 heavy (non-hydrogen) atoms. The lowest BCUT2D eigenvalue weighted by Crippen LogP contribution is -2.35. The highest BCUT2D eigenvalue weighted by molar-refractivity contribution is 14.1. The number of benzene rings is 1. The maximum absolute atomic E-state index is 4.60. The topological polar surface area (TPSA) is 28.7 Å². The van der Waals surface area contributed by atoms with Gasteiger partial charge in [-0.3, -0.25) is 4.98 Å². The SMILES string of the molecule is Ic1ccc(C2(c3c[nH]c4cccnc34)CCC2)cc1. The lowest BCUT2D eigenvalue weighted by Gasteiger charge is -2.42. The van der Waals surface area contributed by atoms with Gasteiger partial charge in [-0.25, -0.2) is 0 Å². The summed E-state index contributed by atoms with van der Waals surface area (Å²) in [6.45, 7) is 0. The van der Waals surface area contributed by atoms with E-state index in [1.807, 2.05) is 12.3 Å². The van der Waals surface area contributed by atoms with E-state index in [2.05, 4.69) is 69.1 Å². The molecule has 3 heteroatoms. The Kier molecular flexibility index (Phi) is 2.84. The van der Waals surface area contributed by atoms with Gasteiger partial charge in [0.2, 0.25) is 0 Å². The summed E-state index contributed by atoms with van der Waals surface area (Å²) in [5.41, 5.74) is 5.22. The number of rotatable bonds is 2. The van der Waals surface area contributed by atoms with Crippen LogP contribution in [0, 0.1) is 3.57 Å². The Bertz CT molecular complexity index is 754. The van der Waals surface area contributed by atoms with Crippen LogP contribution in [-0.4, -0.2) is 9.97 Å². The molecule has 100 valence electrons. The van der Waals surface area contributed by atoms with E-state index >= 15 is 0 Å². The molecule has 1 aliphatic carbocycles. The Morgan fingerprint density at radius 3 is 2.60 bits per heavy atom. The second-order valence-electron chi connectivity index (χ2n) is 5.54. The number of H-pyrrole nitrogens is 1. The molecule has 2 aromatic heterocycles. The van der Waals surface area contributed by atoms with Crippen molar-refractivity contribution in [3.05, 3.63) is 63.5 Å². The van der Waals surface area contributed by atoms with Crippen molar-refractivity contribution in [1.82, 2.24) is 9.97 Å². The van der Waals surface area contributed by atoms with E-state index in [9.17, 15) is 0 Å². The van der Waals surface area contributed by atoms with Crippen LogP contribution in [0.2, 0.25) is 0 Å². The average Bonchev–Trinajstić information content (AvgIpc) is 2.84. The Labute approximate surface area is 131 Å². The highest BCUT2D eigenvalue weighted by atomic mass is 127. The van der Waals surface area contributed by atoms with Crippen molar-refractivity contribution in [2.75, 3.05) is 0 Å². The molecule has 2 nitrogen and oxygen atoms in total. The minimum absolute atomic E-state index is 0.164. The highest BCUT2D eigenvalue weighted by Gasteiger charge is 2.42. The first kappa shape index (κ1) is 12.4. The zero-order valence-electron chi connectivity index (χ0n) is 11.1. The summed E-state index contributed by atoms with van der Waals surface area (Å²) in [6, 6.07) is 13.1. The second-order valence-corrected chi connectivity index (χ2v) is 6.79. The van der Waals surface area contributed by atoms with E-state index in [1.165, 1.54) is 34.0 Å². The fourth-order valence-electron chi connectivity index (χ4n) is 3.33. The van der Waals surface area contributed by atoms with Gasteiger partial charge >= 0.3 is 0 Å². The Morgan fingerprint density at radius 1 is 1.10 bits per heavy atom. The van der Waals surface area contributed by atoms with Crippen molar-refractivity contribution in [3.63, 3.8) is 0 Å². The third kappa shape index (κ3) is 1.72. The predicted molar refractivity (Wildman–Crippen MR) is 89.9 cm³/mol. The van der Waals surface area contributed by atoms with Crippen LogP contribution in [0.4, 0.5) is 0 Å². The van der Waals surface area contributed by atoms with Gasteiger partial charge in [0, 0.05) is 26.9 Å². The predicted octanol–water partition coefficient (Wildman–Crippen LogP) is 4.64. The first-order valence-corrected chi connectivity index (χ1v) is 8.06. The Morgan fingerprint density at radius 2 is 1.90 bits per heavy atom. The first-order chi connectivity index (χ1) is 9.79. The van der Waals surface area contributed by atoms with E-state index in [0.717, 1.165) is 11.0 Å². The van der Waals surface area contributed by atoms with E-state index in [-0.39, 0.29) is 5.41 Å². The minimum atomic E-state index is 0.164. The van der Waals surface area contributed by atoms with Crippen LogP contribution in [0.15, 0.2) is 48.8 Å². The monoisotopic (exact) mass is 374 g/mol. The van der Waals surface area contributed by atoms with Crippen molar-refractivity contribution in [1.29, 1.82) is 0 Å².